The molecule has 0 aromatic heterocycles. The molecule has 4 aromatic carbocycles. The van der Waals surface area contributed by atoms with E-state index in [0.717, 1.165) is 24.1 Å². The number of esters is 2. The number of hydrogen-bond acceptors (Lipinski definition) is 20. The summed E-state index contributed by atoms with van der Waals surface area (Å²) in [7, 11) is 3.14. The number of ether oxygens (including phenoxy) is 8. The van der Waals surface area contributed by atoms with Crippen LogP contribution in [0.4, 0.5) is 0 Å². The van der Waals surface area contributed by atoms with Crippen molar-refractivity contribution in [1.29, 1.82) is 0 Å². The van der Waals surface area contributed by atoms with Crippen LogP contribution < -0.4 is 75.6 Å². The first-order chi connectivity index (χ1) is 29.1. The molecule has 0 saturated carbocycles. The molecule has 0 radical (unpaired) electrons. The summed E-state index contributed by atoms with van der Waals surface area (Å²) in [6, 6.07) is 22.3. The molecular weight excluding hydrogens is 872 g/mol. The van der Waals surface area contributed by atoms with Crippen LogP contribution in [0.15, 0.2) is 94.7 Å². The van der Waals surface area contributed by atoms with Gasteiger partial charge in [0.2, 0.25) is 0 Å². The fraction of sp³-hybridized carbons (Fsp3) is 0.300. The number of Topliss-reactive ketones (excluding diaryl/α,β-unsaturated/α-hetero) is 2. The van der Waals surface area contributed by atoms with Crippen molar-refractivity contribution >= 4 is 47.6 Å². The number of methoxy groups -OCH3 is 2. The average Bonchev–Trinajstić information content (AvgIpc) is 3.25. The molecular formula is C40H43KO18S2. The molecule has 0 amide bonds. The molecule has 0 aliphatic carbocycles. The predicted molar refractivity (Wildman–Crippen MR) is 211 cm³/mol. The Morgan fingerprint density at radius 2 is 0.852 bits per heavy atom. The molecule has 0 unspecified atom stereocenters. The standard InChI is InChI=1S/2C20H22O9S.K/c2*1-14(21)16-11-17(25-8-7-24-2)13-18(12-16)26-9-10-27-20(22)15-3-5-19(6-4-15)30-29-28-23;/h2*3-6,11-13,23H,7-10H2,1-2H3;/q;;+1/p-1. The zero-order valence-corrected chi connectivity index (χ0v) is 38.7. The van der Waals surface area contributed by atoms with E-state index in [1.807, 2.05) is 0 Å². The smallest absolute Gasteiger partial charge is 0.691 e. The minimum Gasteiger partial charge on any atom is -0.691 e. The van der Waals surface area contributed by atoms with Crippen molar-refractivity contribution < 1.29 is 138 Å². The third kappa shape index (κ3) is 21.3. The van der Waals surface area contributed by atoms with Crippen molar-refractivity contribution in [2.24, 2.45) is 0 Å². The summed E-state index contributed by atoms with van der Waals surface area (Å²) < 4.78 is 51.0. The van der Waals surface area contributed by atoms with Gasteiger partial charge in [-0.05, 0) is 86.6 Å². The molecule has 0 aliphatic heterocycles. The Morgan fingerprint density at radius 3 is 1.16 bits per heavy atom. The van der Waals surface area contributed by atoms with Crippen molar-refractivity contribution in [2.45, 2.75) is 23.6 Å². The summed E-state index contributed by atoms with van der Waals surface area (Å²) in [5.41, 5.74) is 1.57. The monoisotopic (exact) mass is 914 g/mol. The summed E-state index contributed by atoms with van der Waals surface area (Å²) in [4.78, 5) is 48.7. The van der Waals surface area contributed by atoms with Crippen LogP contribution in [0.2, 0.25) is 0 Å². The minimum atomic E-state index is -0.530. The Kier molecular flexibility index (Phi) is 27.4. The molecule has 18 nitrogen and oxygen atoms in total. The summed E-state index contributed by atoms with van der Waals surface area (Å²) in [6.45, 7) is 4.61. The summed E-state index contributed by atoms with van der Waals surface area (Å²) >= 11 is 1.51. The van der Waals surface area contributed by atoms with Gasteiger partial charge in [0, 0.05) is 47.3 Å². The van der Waals surface area contributed by atoms with E-state index < -0.39 is 11.9 Å². The van der Waals surface area contributed by atoms with Gasteiger partial charge in [-0.15, -0.1) is 4.33 Å². The molecule has 0 fully saturated rings. The van der Waals surface area contributed by atoms with E-state index in [1.54, 1.807) is 87.0 Å². The third-order valence-electron chi connectivity index (χ3n) is 7.35. The normalized spacial score (nSPS) is 10.3. The second-order valence-corrected chi connectivity index (χ2v) is 13.2. The Bertz CT molecular complexity index is 1790. The predicted octanol–water partition coefficient (Wildman–Crippen LogP) is 2.96. The number of ketones is 2. The van der Waals surface area contributed by atoms with Crippen LogP contribution in [0, 0.1) is 0 Å². The van der Waals surface area contributed by atoms with Crippen LogP contribution in [0.5, 0.6) is 23.0 Å². The van der Waals surface area contributed by atoms with E-state index in [2.05, 4.69) is 18.7 Å². The number of rotatable bonds is 26. The van der Waals surface area contributed by atoms with Gasteiger partial charge in [-0.2, -0.15) is 4.33 Å². The molecule has 0 bridgehead atoms. The maximum absolute atomic E-state index is 12.1. The minimum absolute atomic E-state index is 0. The first-order valence-corrected chi connectivity index (χ1v) is 19.2. The van der Waals surface area contributed by atoms with E-state index >= 15 is 0 Å². The molecule has 61 heavy (non-hydrogen) atoms. The molecule has 0 aliphatic rings. The molecule has 0 atom stereocenters. The maximum Gasteiger partial charge on any atom is 1.00 e. The third-order valence-corrected chi connectivity index (χ3v) is 8.54. The zero-order chi connectivity index (χ0) is 43.5. The van der Waals surface area contributed by atoms with Gasteiger partial charge < -0.3 is 43.2 Å². The maximum atomic E-state index is 12.1. The topological polar surface area (TPSA) is 222 Å². The Hall–Kier alpha value is -3.62. The van der Waals surface area contributed by atoms with Crippen molar-refractivity contribution in [2.75, 3.05) is 67.1 Å². The second kappa shape index (κ2) is 31.3. The number of hydrogen-bond donors (Lipinski definition) is 1. The van der Waals surface area contributed by atoms with Crippen LogP contribution in [0.25, 0.3) is 0 Å². The Balaban J connectivity index is 0.000000413. The van der Waals surface area contributed by atoms with E-state index in [-0.39, 0.29) is 89.4 Å². The van der Waals surface area contributed by atoms with E-state index in [9.17, 15) is 24.4 Å². The molecule has 4 rings (SSSR count). The van der Waals surface area contributed by atoms with Crippen molar-refractivity contribution in [3.8, 4) is 23.0 Å². The fourth-order valence-corrected chi connectivity index (χ4v) is 5.23. The van der Waals surface area contributed by atoms with Gasteiger partial charge in [0.15, 0.2) is 11.6 Å². The molecule has 0 saturated heterocycles. The van der Waals surface area contributed by atoms with E-state index in [4.69, 9.17) is 43.2 Å². The average molecular weight is 915 g/mol. The number of carbonyl (C=O) groups excluding carboxylic acids is 4. The molecule has 21 heteroatoms. The van der Waals surface area contributed by atoms with Crippen LogP contribution in [-0.2, 0) is 37.7 Å². The first kappa shape index (κ1) is 53.5. The van der Waals surface area contributed by atoms with Crippen LogP contribution in [0.1, 0.15) is 55.3 Å². The largest absolute Gasteiger partial charge is 1.00 e. The summed E-state index contributed by atoms with van der Waals surface area (Å²) in [5, 5.41) is 24.7. The van der Waals surface area contributed by atoms with Gasteiger partial charge in [-0.1, -0.05) is 5.04 Å². The number of benzene rings is 4. The fourth-order valence-electron chi connectivity index (χ4n) is 4.52. The molecule has 1 N–H and O–H groups in total. The zero-order valence-electron chi connectivity index (χ0n) is 33.9. The van der Waals surface area contributed by atoms with Gasteiger partial charge in [-0.25, -0.2) is 14.8 Å². The molecule has 0 spiro atoms. The first-order valence-electron chi connectivity index (χ1n) is 17.7. The van der Waals surface area contributed by atoms with Gasteiger partial charge in [0.25, 0.3) is 0 Å². The van der Waals surface area contributed by atoms with Crippen molar-refractivity contribution in [3.63, 3.8) is 0 Å². The van der Waals surface area contributed by atoms with Gasteiger partial charge in [0.05, 0.1) is 48.4 Å². The molecule has 0 heterocycles. The SMILES string of the molecule is COCCOc1cc(OCCOC(=O)c2ccc(SOOO)cc2)cc(C(C)=O)c1.COCCOc1cc(OCCOC(=O)c2ccc(SOO[O-])cc2)cc(C(C)=O)c1.[K+]. The van der Waals surface area contributed by atoms with Crippen LogP contribution in [-0.4, -0.2) is 95.8 Å². The van der Waals surface area contributed by atoms with Crippen LogP contribution in [0.3, 0.4) is 0 Å². The quantitative estimate of drug-likeness (QED) is 0.0182. The molecule has 324 valence electrons. The van der Waals surface area contributed by atoms with Crippen LogP contribution >= 0.6 is 24.1 Å². The van der Waals surface area contributed by atoms with E-state index in [1.165, 1.54) is 26.0 Å². The van der Waals surface area contributed by atoms with Crippen molar-refractivity contribution in [1.82, 2.24) is 0 Å². The Morgan fingerprint density at radius 1 is 0.508 bits per heavy atom. The molecule has 4 aromatic rings. The van der Waals surface area contributed by atoms with E-state index in [0.29, 0.717) is 81.5 Å². The van der Waals surface area contributed by atoms with Gasteiger partial charge in [-0.3, -0.25) is 14.6 Å². The summed E-state index contributed by atoms with van der Waals surface area (Å²) in [5.74, 6) is 0.522. The van der Waals surface area contributed by atoms with Crippen molar-refractivity contribution in [3.05, 3.63) is 107 Å². The number of carbonyl (C=O) groups is 4. The van der Waals surface area contributed by atoms with Gasteiger partial charge >= 0.3 is 63.3 Å². The van der Waals surface area contributed by atoms with Gasteiger partial charge in [0.1, 0.15) is 62.6 Å². The summed E-state index contributed by atoms with van der Waals surface area (Å²) in [6.07, 6.45) is 0. The Labute approximate surface area is 402 Å². The second-order valence-electron chi connectivity index (χ2n) is 11.6.